The van der Waals surface area contributed by atoms with Gasteiger partial charge in [0.15, 0.2) is 0 Å². The molecule has 0 radical (unpaired) electrons. The molecule has 0 amide bonds. The molecule has 0 aromatic heterocycles. The summed E-state index contributed by atoms with van der Waals surface area (Å²) in [4.78, 5) is 0. The van der Waals surface area contributed by atoms with Crippen molar-refractivity contribution in [3.8, 4) is 0 Å². The lowest BCUT2D eigenvalue weighted by molar-refractivity contribution is 1.08. The predicted octanol–water partition coefficient (Wildman–Crippen LogP) is 0.839. The molecule has 0 aliphatic heterocycles. The highest BCUT2D eigenvalue weighted by molar-refractivity contribution is 7.84. The minimum absolute atomic E-state index is 0.527. The number of hydrogen-bond donors (Lipinski definition) is 3. The molecule has 0 atom stereocenters. The molecule has 52 valence electrons. The van der Waals surface area contributed by atoms with Crippen molar-refractivity contribution in [2.45, 2.75) is 6.92 Å². The molecule has 2 nitrogen and oxygen atoms in total. The average molecular weight is 144 g/mol. The maximum absolute atomic E-state index is 5.28. The van der Waals surface area contributed by atoms with E-state index in [-0.39, 0.29) is 0 Å². The summed E-state index contributed by atoms with van der Waals surface area (Å²) in [5, 5.41) is 3.40. The number of thiol groups is 1. The van der Waals surface area contributed by atoms with E-state index in [0.717, 1.165) is 5.57 Å². The molecule has 0 aliphatic rings. The fourth-order valence-electron chi connectivity index (χ4n) is 0.503. The van der Waals surface area contributed by atoms with Crippen LogP contribution in [0.4, 0.5) is 0 Å². The van der Waals surface area contributed by atoms with Gasteiger partial charge in [0, 0.05) is 7.05 Å². The van der Waals surface area contributed by atoms with E-state index in [1.165, 1.54) is 0 Å². The van der Waals surface area contributed by atoms with Crippen molar-refractivity contribution in [3.63, 3.8) is 0 Å². The number of nitrogens with two attached hydrogens (primary N) is 1. The Bertz CT molecular complexity index is 134. The Morgan fingerprint density at radius 3 is 2.56 bits per heavy atom. The molecule has 3 N–H and O–H groups in total. The van der Waals surface area contributed by atoms with Crippen molar-refractivity contribution in [2.75, 3.05) is 7.05 Å². The monoisotopic (exact) mass is 144 g/mol. The van der Waals surface area contributed by atoms with E-state index in [4.69, 9.17) is 5.73 Å². The van der Waals surface area contributed by atoms with Crippen LogP contribution < -0.4 is 11.1 Å². The Labute approximate surface area is 61.2 Å². The largest absolute Gasteiger partial charge is 0.394 e. The molecule has 0 spiro atoms. The third-order valence-corrected chi connectivity index (χ3v) is 0.877. The van der Waals surface area contributed by atoms with Crippen LogP contribution in [0.3, 0.4) is 0 Å². The fraction of sp³-hybridized carbons (Fsp3) is 0.333. The summed E-state index contributed by atoms with van der Waals surface area (Å²) in [7, 11) is 1.84. The van der Waals surface area contributed by atoms with Crippen LogP contribution in [0.25, 0.3) is 0 Å². The molecular formula is C6H12N2S. The van der Waals surface area contributed by atoms with Crippen molar-refractivity contribution in [2.24, 2.45) is 5.73 Å². The number of hydrogen-bond acceptors (Lipinski definition) is 3. The first-order chi connectivity index (χ1) is 4.16. The van der Waals surface area contributed by atoms with Gasteiger partial charge < -0.3 is 11.1 Å². The smallest absolute Gasteiger partial charge is 0.0627 e. The van der Waals surface area contributed by atoms with Crippen molar-refractivity contribution in [1.29, 1.82) is 0 Å². The van der Waals surface area contributed by atoms with E-state index < -0.39 is 0 Å². The van der Waals surface area contributed by atoms with E-state index in [1.807, 2.05) is 20.2 Å². The van der Waals surface area contributed by atoms with Gasteiger partial charge in [0.1, 0.15) is 0 Å². The Balaban J connectivity index is 3.90. The van der Waals surface area contributed by atoms with Gasteiger partial charge in [0.05, 0.1) is 5.03 Å². The highest BCUT2D eigenvalue weighted by Crippen LogP contribution is 1.97. The van der Waals surface area contributed by atoms with Gasteiger partial charge in [-0.2, -0.15) is 0 Å². The first kappa shape index (κ1) is 8.43. The lowest BCUT2D eigenvalue weighted by Crippen LogP contribution is -1.94. The van der Waals surface area contributed by atoms with E-state index in [2.05, 4.69) is 17.9 Å². The molecule has 0 bridgehead atoms. The third-order valence-electron chi connectivity index (χ3n) is 0.748. The second-order valence-electron chi connectivity index (χ2n) is 1.75. The standard InChI is InChI=1S/C6H12N2S/c1-5(4-8-2)3-6(7)9/h3-4,8-9H,7H2,1-2H3/b5-4-,6-3+. The van der Waals surface area contributed by atoms with Crippen LogP contribution in [0.2, 0.25) is 0 Å². The van der Waals surface area contributed by atoms with E-state index in [0.29, 0.717) is 5.03 Å². The summed E-state index contributed by atoms with van der Waals surface area (Å²) in [5.41, 5.74) is 6.34. The van der Waals surface area contributed by atoms with Gasteiger partial charge in [-0.1, -0.05) is 0 Å². The van der Waals surface area contributed by atoms with Gasteiger partial charge in [-0.05, 0) is 24.8 Å². The summed E-state index contributed by atoms with van der Waals surface area (Å²) >= 11 is 3.90. The van der Waals surface area contributed by atoms with Crippen molar-refractivity contribution in [1.82, 2.24) is 5.32 Å². The van der Waals surface area contributed by atoms with Crippen molar-refractivity contribution < 1.29 is 0 Å². The highest BCUT2D eigenvalue weighted by Gasteiger charge is 1.80. The summed E-state index contributed by atoms with van der Waals surface area (Å²) < 4.78 is 0. The Morgan fingerprint density at radius 2 is 2.22 bits per heavy atom. The number of rotatable bonds is 2. The maximum Gasteiger partial charge on any atom is 0.0627 e. The average Bonchev–Trinajstić information content (AvgIpc) is 1.63. The van der Waals surface area contributed by atoms with E-state index in [9.17, 15) is 0 Å². The van der Waals surface area contributed by atoms with Crippen LogP contribution in [0.1, 0.15) is 6.92 Å². The molecule has 0 aliphatic carbocycles. The molecule has 0 heterocycles. The van der Waals surface area contributed by atoms with Gasteiger partial charge in [0.25, 0.3) is 0 Å². The summed E-state index contributed by atoms with van der Waals surface area (Å²) in [6, 6.07) is 0. The highest BCUT2D eigenvalue weighted by atomic mass is 32.1. The second-order valence-corrected chi connectivity index (χ2v) is 2.26. The zero-order chi connectivity index (χ0) is 7.28. The molecule has 0 rings (SSSR count). The topological polar surface area (TPSA) is 38.0 Å². The molecule has 0 aromatic carbocycles. The minimum Gasteiger partial charge on any atom is -0.394 e. The van der Waals surface area contributed by atoms with Crippen molar-refractivity contribution in [3.05, 3.63) is 22.9 Å². The zero-order valence-electron chi connectivity index (χ0n) is 5.68. The third kappa shape index (κ3) is 5.30. The summed E-state index contributed by atoms with van der Waals surface area (Å²) in [6.45, 7) is 1.94. The molecule has 0 fully saturated rings. The fourth-order valence-corrected chi connectivity index (χ4v) is 0.706. The van der Waals surface area contributed by atoms with Crippen LogP contribution >= 0.6 is 12.6 Å². The van der Waals surface area contributed by atoms with Crippen LogP contribution in [0, 0.1) is 0 Å². The lowest BCUT2D eigenvalue weighted by atomic mass is 10.3. The molecule has 3 heteroatoms. The summed E-state index contributed by atoms with van der Waals surface area (Å²) in [5.74, 6) is 0. The summed E-state index contributed by atoms with van der Waals surface area (Å²) in [6.07, 6.45) is 3.63. The van der Waals surface area contributed by atoms with Crippen LogP contribution in [-0.2, 0) is 0 Å². The Kier molecular flexibility index (Phi) is 4.05. The van der Waals surface area contributed by atoms with Gasteiger partial charge in [-0.3, -0.25) is 0 Å². The quantitative estimate of drug-likeness (QED) is 0.397. The van der Waals surface area contributed by atoms with E-state index >= 15 is 0 Å². The van der Waals surface area contributed by atoms with Crippen molar-refractivity contribution >= 4 is 12.6 Å². The first-order valence-electron chi connectivity index (χ1n) is 2.67. The Hall–Kier alpha value is -0.570. The van der Waals surface area contributed by atoms with E-state index in [1.54, 1.807) is 6.08 Å². The molecule has 0 saturated carbocycles. The lowest BCUT2D eigenvalue weighted by Gasteiger charge is -1.92. The van der Waals surface area contributed by atoms with Gasteiger partial charge in [0.2, 0.25) is 0 Å². The second kappa shape index (κ2) is 4.32. The zero-order valence-corrected chi connectivity index (χ0v) is 6.57. The van der Waals surface area contributed by atoms with Crippen LogP contribution in [0.15, 0.2) is 22.9 Å². The normalized spacial score (nSPS) is 13.7. The first-order valence-corrected chi connectivity index (χ1v) is 3.11. The molecule has 0 aromatic rings. The molecule has 0 unspecified atom stereocenters. The van der Waals surface area contributed by atoms with Crippen LogP contribution in [-0.4, -0.2) is 7.05 Å². The van der Waals surface area contributed by atoms with Gasteiger partial charge >= 0.3 is 0 Å². The maximum atomic E-state index is 5.28. The minimum atomic E-state index is 0.527. The number of allylic oxidation sites excluding steroid dienone is 2. The van der Waals surface area contributed by atoms with Gasteiger partial charge in [-0.25, -0.2) is 0 Å². The van der Waals surface area contributed by atoms with Crippen LogP contribution in [0.5, 0.6) is 0 Å². The Morgan fingerprint density at radius 1 is 1.67 bits per heavy atom. The number of nitrogens with one attached hydrogen (secondary N) is 1. The molecule has 9 heavy (non-hydrogen) atoms. The molecule has 0 saturated heterocycles. The molecular weight excluding hydrogens is 132 g/mol. The predicted molar refractivity (Wildman–Crippen MR) is 44.1 cm³/mol. The van der Waals surface area contributed by atoms with Gasteiger partial charge in [-0.15, -0.1) is 12.6 Å². The SMILES string of the molecule is CN/C=C(C)\C=C(/N)S.